The minimum atomic E-state index is -0.707. The van der Waals surface area contributed by atoms with E-state index >= 15 is 0 Å². The number of carboxylic acid groups (broad SMARTS) is 1. The average molecular weight is 268 g/mol. The molecule has 0 radical (unpaired) electrons. The Kier molecular flexibility index (Phi) is 5.19. The van der Waals surface area contributed by atoms with E-state index in [9.17, 15) is 9.59 Å². The second-order valence-electron chi connectivity index (χ2n) is 5.83. The number of carbonyl (C=O) groups is 2. The largest absolute Gasteiger partial charge is 0.481 e. The Balaban J connectivity index is 1.62. The van der Waals surface area contributed by atoms with E-state index in [1.165, 1.54) is 0 Å². The molecule has 2 fully saturated rings. The normalized spacial score (nSPS) is 24.1. The summed E-state index contributed by atoms with van der Waals surface area (Å²) in [4.78, 5) is 24.5. The van der Waals surface area contributed by atoms with E-state index in [-0.39, 0.29) is 12.3 Å². The highest BCUT2D eigenvalue weighted by molar-refractivity contribution is 5.76. The molecule has 1 aliphatic heterocycles. The van der Waals surface area contributed by atoms with Gasteiger partial charge in [-0.1, -0.05) is 0 Å². The summed E-state index contributed by atoms with van der Waals surface area (Å²) in [5.41, 5.74) is 0. The van der Waals surface area contributed by atoms with Crippen LogP contribution in [-0.4, -0.2) is 47.6 Å². The smallest absolute Gasteiger partial charge is 0.303 e. The first-order valence-electron chi connectivity index (χ1n) is 7.37. The standard InChI is InChI=1S/C14H24N2O3/c17-13(15-12-4-5-12)7-9-16-8-1-2-11(10-16)3-6-14(18)19/h11-12H,1-10H2,(H,15,17)(H,18,19). The molecule has 2 rings (SSSR count). The molecule has 1 heterocycles. The van der Waals surface area contributed by atoms with Crippen molar-refractivity contribution in [1.82, 2.24) is 10.2 Å². The Morgan fingerprint density at radius 3 is 2.68 bits per heavy atom. The molecular weight excluding hydrogens is 244 g/mol. The zero-order chi connectivity index (χ0) is 13.7. The number of rotatable bonds is 7. The third-order valence-electron chi connectivity index (χ3n) is 3.97. The molecule has 108 valence electrons. The summed E-state index contributed by atoms with van der Waals surface area (Å²) < 4.78 is 0. The molecule has 0 spiro atoms. The predicted octanol–water partition coefficient (Wildman–Crippen LogP) is 1.23. The van der Waals surface area contributed by atoms with Crippen LogP contribution >= 0.6 is 0 Å². The quantitative estimate of drug-likeness (QED) is 0.728. The van der Waals surface area contributed by atoms with E-state index in [1.54, 1.807) is 0 Å². The highest BCUT2D eigenvalue weighted by atomic mass is 16.4. The fourth-order valence-electron chi connectivity index (χ4n) is 2.70. The van der Waals surface area contributed by atoms with Gasteiger partial charge in [-0.25, -0.2) is 0 Å². The monoisotopic (exact) mass is 268 g/mol. The van der Waals surface area contributed by atoms with Crippen LogP contribution in [0.1, 0.15) is 44.9 Å². The van der Waals surface area contributed by atoms with Crippen molar-refractivity contribution in [3.8, 4) is 0 Å². The van der Waals surface area contributed by atoms with Crippen molar-refractivity contribution in [2.24, 2.45) is 5.92 Å². The topological polar surface area (TPSA) is 69.6 Å². The molecule has 2 N–H and O–H groups in total. The molecule has 1 saturated heterocycles. The highest BCUT2D eigenvalue weighted by Gasteiger charge is 2.24. The van der Waals surface area contributed by atoms with Crippen molar-refractivity contribution in [3.05, 3.63) is 0 Å². The number of nitrogens with zero attached hydrogens (tertiary/aromatic N) is 1. The lowest BCUT2D eigenvalue weighted by molar-refractivity contribution is -0.137. The SMILES string of the molecule is O=C(O)CCC1CCCN(CCC(=O)NC2CC2)C1. The molecule has 0 bridgehead atoms. The van der Waals surface area contributed by atoms with Crippen molar-refractivity contribution in [2.75, 3.05) is 19.6 Å². The van der Waals surface area contributed by atoms with E-state index in [0.717, 1.165) is 51.7 Å². The summed E-state index contributed by atoms with van der Waals surface area (Å²) in [6.07, 6.45) is 6.11. The number of aliphatic carboxylic acids is 1. The molecule has 0 aromatic carbocycles. The lowest BCUT2D eigenvalue weighted by Crippen LogP contribution is -2.38. The Morgan fingerprint density at radius 2 is 2.00 bits per heavy atom. The van der Waals surface area contributed by atoms with E-state index in [4.69, 9.17) is 5.11 Å². The molecule has 0 aromatic rings. The van der Waals surface area contributed by atoms with Gasteiger partial charge in [0.2, 0.25) is 5.91 Å². The Hall–Kier alpha value is -1.10. The first-order valence-corrected chi connectivity index (χ1v) is 7.37. The molecule has 5 heteroatoms. The van der Waals surface area contributed by atoms with Crippen LogP contribution in [0.15, 0.2) is 0 Å². The van der Waals surface area contributed by atoms with Gasteiger partial charge in [-0.05, 0) is 44.6 Å². The molecule has 1 unspecified atom stereocenters. The van der Waals surface area contributed by atoms with Crippen LogP contribution in [0.4, 0.5) is 0 Å². The van der Waals surface area contributed by atoms with Crippen LogP contribution < -0.4 is 5.32 Å². The number of hydrogen-bond acceptors (Lipinski definition) is 3. The highest BCUT2D eigenvalue weighted by Crippen LogP contribution is 2.21. The summed E-state index contributed by atoms with van der Waals surface area (Å²) >= 11 is 0. The summed E-state index contributed by atoms with van der Waals surface area (Å²) in [7, 11) is 0. The molecule has 5 nitrogen and oxygen atoms in total. The van der Waals surface area contributed by atoms with Gasteiger partial charge < -0.3 is 15.3 Å². The van der Waals surface area contributed by atoms with Gasteiger partial charge in [-0.3, -0.25) is 9.59 Å². The zero-order valence-corrected chi connectivity index (χ0v) is 11.4. The van der Waals surface area contributed by atoms with Crippen molar-refractivity contribution in [3.63, 3.8) is 0 Å². The van der Waals surface area contributed by atoms with Crippen LogP contribution in [0.3, 0.4) is 0 Å². The number of carbonyl (C=O) groups excluding carboxylic acids is 1. The number of piperidine rings is 1. The average Bonchev–Trinajstić information content (AvgIpc) is 3.18. The van der Waals surface area contributed by atoms with Crippen LogP contribution in [0, 0.1) is 5.92 Å². The Bertz CT molecular complexity index is 329. The van der Waals surface area contributed by atoms with Crippen LogP contribution in [0.5, 0.6) is 0 Å². The maximum Gasteiger partial charge on any atom is 0.303 e. The van der Waals surface area contributed by atoms with Crippen molar-refractivity contribution < 1.29 is 14.7 Å². The molecule has 1 amide bonds. The van der Waals surface area contributed by atoms with E-state index in [1.807, 2.05) is 0 Å². The number of hydrogen-bond donors (Lipinski definition) is 2. The number of nitrogens with one attached hydrogen (secondary N) is 1. The molecule has 1 aliphatic carbocycles. The molecule has 1 atom stereocenters. The first-order chi connectivity index (χ1) is 9.13. The second kappa shape index (κ2) is 6.89. The number of carboxylic acids is 1. The third kappa shape index (κ3) is 5.59. The summed E-state index contributed by atoms with van der Waals surface area (Å²) in [5, 5.41) is 11.7. The predicted molar refractivity (Wildman–Crippen MR) is 71.8 cm³/mol. The summed E-state index contributed by atoms with van der Waals surface area (Å²) in [6, 6.07) is 0.442. The van der Waals surface area contributed by atoms with Gasteiger partial charge in [-0.2, -0.15) is 0 Å². The van der Waals surface area contributed by atoms with E-state index < -0.39 is 5.97 Å². The number of amides is 1. The van der Waals surface area contributed by atoms with Crippen molar-refractivity contribution in [2.45, 2.75) is 51.0 Å². The van der Waals surface area contributed by atoms with Crippen molar-refractivity contribution in [1.29, 1.82) is 0 Å². The zero-order valence-electron chi connectivity index (χ0n) is 11.4. The summed E-state index contributed by atoms with van der Waals surface area (Å²) in [6.45, 7) is 2.80. The Morgan fingerprint density at radius 1 is 1.21 bits per heavy atom. The minimum Gasteiger partial charge on any atom is -0.481 e. The van der Waals surface area contributed by atoms with Gasteiger partial charge in [-0.15, -0.1) is 0 Å². The lowest BCUT2D eigenvalue weighted by atomic mass is 9.93. The second-order valence-corrected chi connectivity index (χ2v) is 5.83. The molecule has 1 saturated carbocycles. The maximum atomic E-state index is 11.6. The van der Waals surface area contributed by atoms with Gasteiger partial charge in [0.05, 0.1) is 0 Å². The van der Waals surface area contributed by atoms with E-state index in [2.05, 4.69) is 10.2 Å². The van der Waals surface area contributed by atoms with Gasteiger partial charge in [0.15, 0.2) is 0 Å². The van der Waals surface area contributed by atoms with Gasteiger partial charge in [0.25, 0.3) is 0 Å². The van der Waals surface area contributed by atoms with Crippen LogP contribution in [-0.2, 0) is 9.59 Å². The van der Waals surface area contributed by atoms with Crippen molar-refractivity contribution >= 4 is 11.9 Å². The molecular formula is C14H24N2O3. The minimum absolute atomic E-state index is 0.162. The van der Waals surface area contributed by atoms with Crippen LogP contribution in [0.2, 0.25) is 0 Å². The maximum absolute atomic E-state index is 11.6. The molecule has 19 heavy (non-hydrogen) atoms. The van der Waals surface area contributed by atoms with E-state index in [0.29, 0.717) is 18.4 Å². The van der Waals surface area contributed by atoms with Gasteiger partial charge >= 0.3 is 5.97 Å². The molecule has 2 aliphatic rings. The Labute approximate surface area is 114 Å². The van der Waals surface area contributed by atoms with Crippen LogP contribution in [0.25, 0.3) is 0 Å². The molecule has 0 aromatic heterocycles. The van der Waals surface area contributed by atoms with Gasteiger partial charge in [0.1, 0.15) is 0 Å². The lowest BCUT2D eigenvalue weighted by Gasteiger charge is -2.32. The first kappa shape index (κ1) is 14.3. The third-order valence-corrected chi connectivity index (χ3v) is 3.97. The fourth-order valence-corrected chi connectivity index (χ4v) is 2.70. The van der Waals surface area contributed by atoms with Gasteiger partial charge in [0, 0.05) is 32.0 Å². The fraction of sp³-hybridized carbons (Fsp3) is 0.857. The number of likely N-dealkylation sites (tertiary alicyclic amines) is 1. The summed E-state index contributed by atoms with van der Waals surface area (Å²) in [5.74, 6) is -0.0626.